The van der Waals surface area contributed by atoms with Crippen molar-refractivity contribution in [2.24, 2.45) is 5.10 Å². The molecule has 3 aromatic rings. The molecule has 0 saturated carbocycles. The number of amides is 1. The summed E-state index contributed by atoms with van der Waals surface area (Å²) in [4.78, 5) is 22.5. The third kappa shape index (κ3) is 5.74. The molecule has 0 aliphatic rings. The zero-order valence-corrected chi connectivity index (χ0v) is 18.6. The molecule has 0 aliphatic heterocycles. The molecular weight excluding hydrogens is 518 g/mol. The van der Waals surface area contributed by atoms with Gasteiger partial charge in [-0.1, -0.05) is 52.3 Å². The van der Waals surface area contributed by atoms with Crippen molar-refractivity contribution in [3.8, 4) is 5.75 Å². The van der Waals surface area contributed by atoms with Crippen LogP contribution in [0.5, 0.6) is 5.75 Å². The molecule has 0 fully saturated rings. The van der Waals surface area contributed by atoms with Crippen LogP contribution < -0.4 is 10.2 Å². The van der Waals surface area contributed by atoms with E-state index in [1.54, 1.807) is 6.07 Å². The number of nitrogens with one attached hydrogen (secondary N) is 1. The summed E-state index contributed by atoms with van der Waals surface area (Å²) in [5, 5.41) is 14.8. The Morgan fingerprint density at radius 1 is 1.10 bits per heavy atom. The number of carbonyl (C=O) groups excluding carboxylic acids is 1. The van der Waals surface area contributed by atoms with Crippen molar-refractivity contribution in [2.75, 3.05) is 0 Å². The lowest BCUT2D eigenvalue weighted by atomic mass is 10.2. The number of benzene rings is 3. The van der Waals surface area contributed by atoms with E-state index in [0.29, 0.717) is 17.9 Å². The lowest BCUT2D eigenvalue weighted by Gasteiger charge is -2.12. The maximum atomic E-state index is 12.2. The predicted octanol–water partition coefficient (Wildman–Crippen LogP) is 5.46. The highest BCUT2D eigenvalue weighted by Gasteiger charge is 2.12. The first kappa shape index (κ1) is 21.7. The molecule has 1 amide bonds. The van der Waals surface area contributed by atoms with Gasteiger partial charge in [0, 0.05) is 27.7 Å². The summed E-state index contributed by atoms with van der Waals surface area (Å²) in [5.74, 6) is 0.00571. The SMILES string of the molecule is O=C(N/N=C\c1cc(Br)cc(Br)c1OCc1ccccc1)c1cccc([N+](=O)[O-])c1. The van der Waals surface area contributed by atoms with Crippen LogP contribution in [0.25, 0.3) is 0 Å². The van der Waals surface area contributed by atoms with E-state index >= 15 is 0 Å². The van der Waals surface area contributed by atoms with Crippen LogP contribution in [0.3, 0.4) is 0 Å². The fourth-order valence-corrected chi connectivity index (χ4v) is 3.92. The summed E-state index contributed by atoms with van der Waals surface area (Å²) >= 11 is 6.91. The molecule has 0 aromatic heterocycles. The molecule has 1 N–H and O–H groups in total. The molecule has 3 rings (SSSR count). The van der Waals surface area contributed by atoms with Crippen LogP contribution in [0.4, 0.5) is 5.69 Å². The smallest absolute Gasteiger partial charge is 0.271 e. The molecule has 0 aliphatic carbocycles. The van der Waals surface area contributed by atoms with Gasteiger partial charge in [0.05, 0.1) is 15.6 Å². The van der Waals surface area contributed by atoms with Crippen LogP contribution in [0.2, 0.25) is 0 Å². The van der Waals surface area contributed by atoms with Crippen molar-refractivity contribution in [3.05, 3.63) is 102 Å². The highest BCUT2D eigenvalue weighted by molar-refractivity contribution is 9.11. The summed E-state index contributed by atoms with van der Waals surface area (Å²) in [7, 11) is 0. The number of hydrazone groups is 1. The number of rotatable bonds is 7. The van der Waals surface area contributed by atoms with E-state index in [1.165, 1.54) is 30.5 Å². The number of halogens is 2. The number of carbonyl (C=O) groups is 1. The lowest BCUT2D eigenvalue weighted by molar-refractivity contribution is -0.384. The first-order valence-electron chi connectivity index (χ1n) is 8.67. The lowest BCUT2D eigenvalue weighted by Crippen LogP contribution is -2.17. The minimum atomic E-state index is -0.560. The van der Waals surface area contributed by atoms with Gasteiger partial charge in [-0.25, -0.2) is 5.43 Å². The topological polar surface area (TPSA) is 93.8 Å². The second kappa shape index (κ2) is 10.1. The minimum absolute atomic E-state index is 0.136. The Morgan fingerprint density at radius 2 is 1.87 bits per heavy atom. The number of nitro benzene ring substituents is 1. The molecule has 7 nitrogen and oxygen atoms in total. The van der Waals surface area contributed by atoms with Crippen LogP contribution in [-0.2, 0) is 6.61 Å². The number of nitrogens with zero attached hydrogens (tertiary/aromatic N) is 2. The normalized spacial score (nSPS) is 10.7. The summed E-state index contributed by atoms with van der Waals surface area (Å²) < 4.78 is 7.47. The Balaban J connectivity index is 1.75. The molecule has 9 heteroatoms. The van der Waals surface area contributed by atoms with Crippen molar-refractivity contribution in [3.63, 3.8) is 0 Å². The van der Waals surface area contributed by atoms with Gasteiger partial charge < -0.3 is 4.74 Å². The second-order valence-corrected chi connectivity index (χ2v) is 7.86. The van der Waals surface area contributed by atoms with Crippen molar-refractivity contribution < 1.29 is 14.5 Å². The number of ether oxygens (including phenoxy) is 1. The van der Waals surface area contributed by atoms with E-state index < -0.39 is 10.8 Å². The number of nitro groups is 1. The van der Waals surface area contributed by atoms with E-state index in [9.17, 15) is 14.9 Å². The van der Waals surface area contributed by atoms with E-state index in [0.717, 1.165) is 14.5 Å². The highest BCUT2D eigenvalue weighted by atomic mass is 79.9. The average molecular weight is 533 g/mol. The molecule has 0 unspecified atom stereocenters. The number of hydrogen-bond acceptors (Lipinski definition) is 5. The van der Waals surface area contributed by atoms with Crippen molar-refractivity contribution in [1.82, 2.24) is 5.43 Å². The van der Waals surface area contributed by atoms with Gasteiger partial charge in [0.1, 0.15) is 12.4 Å². The van der Waals surface area contributed by atoms with Gasteiger partial charge in [-0.15, -0.1) is 0 Å². The van der Waals surface area contributed by atoms with Gasteiger partial charge in [0.25, 0.3) is 11.6 Å². The molecule has 0 saturated heterocycles. The maximum Gasteiger partial charge on any atom is 0.271 e. The number of non-ortho nitro benzene ring substituents is 1. The minimum Gasteiger partial charge on any atom is -0.487 e. The molecule has 0 heterocycles. The van der Waals surface area contributed by atoms with Crippen molar-refractivity contribution in [2.45, 2.75) is 6.61 Å². The summed E-state index contributed by atoms with van der Waals surface area (Å²) in [6.07, 6.45) is 1.45. The van der Waals surface area contributed by atoms with E-state index in [2.05, 4.69) is 42.4 Å². The van der Waals surface area contributed by atoms with Gasteiger partial charge >= 0.3 is 0 Å². The van der Waals surface area contributed by atoms with Crippen LogP contribution >= 0.6 is 31.9 Å². The molecule has 30 heavy (non-hydrogen) atoms. The molecule has 0 radical (unpaired) electrons. The number of hydrogen-bond donors (Lipinski definition) is 1. The first-order valence-corrected chi connectivity index (χ1v) is 10.3. The summed E-state index contributed by atoms with van der Waals surface area (Å²) in [5.41, 5.74) is 3.98. The fourth-order valence-electron chi connectivity index (χ4n) is 2.54. The highest BCUT2D eigenvalue weighted by Crippen LogP contribution is 2.32. The standard InChI is InChI=1S/C21H15Br2N3O4/c22-17-9-16(20(19(23)11-17)30-13-14-5-2-1-3-6-14)12-24-25-21(27)15-7-4-8-18(10-15)26(28)29/h1-12H,13H2,(H,25,27)/b24-12-. The Kier molecular flexibility index (Phi) is 7.31. The predicted molar refractivity (Wildman–Crippen MR) is 121 cm³/mol. The summed E-state index contributed by atoms with van der Waals surface area (Å²) in [6.45, 7) is 0.363. The molecular formula is C21H15Br2N3O4. The van der Waals surface area contributed by atoms with E-state index in [4.69, 9.17) is 4.74 Å². The largest absolute Gasteiger partial charge is 0.487 e. The second-order valence-electron chi connectivity index (χ2n) is 6.09. The molecule has 3 aromatic carbocycles. The van der Waals surface area contributed by atoms with E-state index in [-0.39, 0.29) is 11.3 Å². The molecule has 0 atom stereocenters. The van der Waals surface area contributed by atoms with Gasteiger partial charge in [-0.05, 0) is 39.7 Å². The van der Waals surface area contributed by atoms with Crippen LogP contribution in [0, 0.1) is 10.1 Å². The van der Waals surface area contributed by atoms with Crippen molar-refractivity contribution in [1.29, 1.82) is 0 Å². The Hall–Kier alpha value is -3.04. The van der Waals surface area contributed by atoms with Crippen LogP contribution in [0.15, 0.2) is 80.8 Å². The molecule has 152 valence electrons. The average Bonchev–Trinajstić information content (AvgIpc) is 2.73. The van der Waals surface area contributed by atoms with Crippen LogP contribution in [0.1, 0.15) is 21.5 Å². The first-order chi connectivity index (χ1) is 14.4. The maximum absolute atomic E-state index is 12.2. The van der Waals surface area contributed by atoms with Gasteiger partial charge in [-0.3, -0.25) is 14.9 Å². The zero-order chi connectivity index (χ0) is 21.5. The molecule has 0 bridgehead atoms. The van der Waals surface area contributed by atoms with Gasteiger partial charge in [0.15, 0.2) is 0 Å². The summed E-state index contributed by atoms with van der Waals surface area (Å²) in [6, 6.07) is 18.8. The quantitative estimate of drug-likeness (QED) is 0.248. The van der Waals surface area contributed by atoms with Crippen molar-refractivity contribution >= 4 is 49.7 Å². The van der Waals surface area contributed by atoms with E-state index in [1.807, 2.05) is 36.4 Å². The third-order valence-electron chi connectivity index (χ3n) is 3.95. The Labute approximate surface area is 189 Å². The Bertz CT molecular complexity index is 1100. The fraction of sp³-hybridized carbons (Fsp3) is 0.0476. The molecule has 0 spiro atoms. The monoisotopic (exact) mass is 531 g/mol. The van der Waals surface area contributed by atoms with Gasteiger partial charge in [0.2, 0.25) is 0 Å². The zero-order valence-electron chi connectivity index (χ0n) is 15.4. The van der Waals surface area contributed by atoms with Crippen LogP contribution in [-0.4, -0.2) is 17.0 Å². The Morgan fingerprint density at radius 3 is 2.60 bits per heavy atom. The van der Waals surface area contributed by atoms with Gasteiger partial charge in [-0.2, -0.15) is 5.10 Å². The third-order valence-corrected chi connectivity index (χ3v) is 5.00.